The third-order valence-electron chi connectivity index (χ3n) is 7.10. The number of fused-ring (bicyclic) bond motifs is 3. The van der Waals surface area contributed by atoms with Crippen molar-refractivity contribution in [3.63, 3.8) is 0 Å². The molecular formula is C30H40N6O6S. The highest BCUT2D eigenvalue weighted by molar-refractivity contribution is 7.89. The van der Waals surface area contributed by atoms with Crippen LogP contribution in [-0.4, -0.2) is 78.4 Å². The maximum absolute atomic E-state index is 13.4. The molecule has 4 rings (SSSR count). The van der Waals surface area contributed by atoms with Gasteiger partial charge in [-0.2, -0.15) is 9.40 Å². The van der Waals surface area contributed by atoms with Crippen molar-refractivity contribution in [1.82, 2.24) is 29.7 Å². The van der Waals surface area contributed by atoms with Gasteiger partial charge in [0.05, 0.1) is 32.0 Å². The highest BCUT2D eigenvalue weighted by Crippen LogP contribution is 2.29. The second kappa shape index (κ2) is 14.5. The summed E-state index contributed by atoms with van der Waals surface area (Å²) in [7, 11) is -2.25. The van der Waals surface area contributed by atoms with Crippen molar-refractivity contribution >= 4 is 21.8 Å². The Hall–Kier alpha value is -3.97. The lowest BCUT2D eigenvalue weighted by atomic mass is 10.0. The molecule has 0 spiro atoms. The smallest absolute Gasteiger partial charge is 0.251 e. The van der Waals surface area contributed by atoms with E-state index in [0.29, 0.717) is 41.6 Å². The standard InChI is InChI=1S/C30H40N6O6S/c1-5-6-18-43(39,40)35-15-14-31-30(38)23-12-13-24(41-4)25(19-23)42-17-16-36-29(27(21(2)3)32-26(37)20-35)33-28(34-36)22-10-8-7-9-11-22/h7-13,19,21,27H,5-6,14-18,20H2,1-4H3,(H,31,38)(H,32,37)/t27-/m1/s1. The van der Waals surface area contributed by atoms with Gasteiger partial charge in [-0.15, -0.1) is 0 Å². The van der Waals surface area contributed by atoms with E-state index in [-0.39, 0.29) is 44.5 Å². The maximum Gasteiger partial charge on any atom is 0.251 e. The van der Waals surface area contributed by atoms with Crippen molar-refractivity contribution in [2.75, 3.05) is 39.1 Å². The molecule has 3 aromatic rings. The number of rotatable bonds is 7. The third-order valence-corrected chi connectivity index (χ3v) is 9.00. The van der Waals surface area contributed by atoms with E-state index in [1.165, 1.54) is 7.11 Å². The zero-order valence-corrected chi connectivity index (χ0v) is 25.9. The molecule has 2 bridgehead atoms. The minimum atomic E-state index is -3.76. The molecule has 0 saturated carbocycles. The number of hydrogen-bond acceptors (Lipinski definition) is 8. The highest BCUT2D eigenvalue weighted by atomic mass is 32.2. The fourth-order valence-corrected chi connectivity index (χ4v) is 6.30. The molecule has 1 aromatic heterocycles. The second-order valence-corrected chi connectivity index (χ2v) is 12.7. The summed E-state index contributed by atoms with van der Waals surface area (Å²) in [5.41, 5.74) is 1.14. The van der Waals surface area contributed by atoms with Crippen LogP contribution in [0.4, 0.5) is 0 Å². The Labute approximate surface area is 252 Å². The van der Waals surface area contributed by atoms with Gasteiger partial charge in [0.1, 0.15) is 6.61 Å². The Bertz CT molecular complexity index is 1510. The van der Waals surface area contributed by atoms with E-state index in [1.54, 1.807) is 22.9 Å². The second-order valence-electron chi connectivity index (χ2n) is 10.6. The molecule has 1 aliphatic heterocycles. The molecule has 0 unspecified atom stereocenters. The van der Waals surface area contributed by atoms with Gasteiger partial charge in [-0.1, -0.05) is 57.5 Å². The van der Waals surface area contributed by atoms with Gasteiger partial charge in [0.25, 0.3) is 5.91 Å². The van der Waals surface area contributed by atoms with E-state index in [0.717, 1.165) is 9.87 Å². The minimum absolute atomic E-state index is 0.0159. The quantitative estimate of drug-likeness (QED) is 0.414. The maximum atomic E-state index is 13.4. The van der Waals surface area contributed by atoms with E-state index in [1.807, 2.05) is 51.1 Å². The first-order valence-corrected chi connectivity index (χ1v) is 16.1. The summed E-state index contributed by atoms with van der Waals surface area (Å²) in [5.74, 6) is 0.779. The fraction of sp³-hybridized carbons (Fsp3) is 0.467. The largest absolute Gasteiger partial charge is 0.493 e. The van der Waals surface area contributed by atoms with Crippen LogP contribution in [0, 0.1) is 5.92 Å². The summed E-state index contributed by atoms with van der Waals surface area (Å²) in [5, 5.41) is 10.5. The monoisotopic (exact) mass is 612 g/mol. The Balaban J connectivity index is 1.75. The predicted molar refractivity (Wildman–Crippen MR) is 162 cm³/mol. The van der Waals surface area contributed by atoms with Crippen LogP contribution in [0.1, 0.15) is 55.8 Å². The van der Waals surface area contributed by atoms with Crippen molar-refractivity contribution in [2.45, 2.75) is 46.2 Å². The van der Waals surface area contributed by atoms with Gasteiger partial charge in [0.2, 0.25) is 15.9 Å². The fourth-order valence-electron chi connectivity index (χ4n) is 4.71. The molecule has 0 fully saturated rings. The van der Waals surface area contributed by atoms with Crippen LogP contribution in [0.2, 0.25) is 0 Å². The lowest BCUT2D eigenvalue weighted by molar-refractivity contribution is -0.122. The number of aromatic nitrogens is 3. The number of amides is 2. The summed E-state index contributed by atoms with van der Waals surface area (Å²) in [6.45, 7) is 5.83. The molecule has 2 heterocycles. The van der Waals surface area contributed by atoms with E-state index >= 15 is 0 Å². The molecule has 232 valence electrons. The van der Waals surface area contributed by atoms with Crippen LogP contribution < -0.4 is 20.1 Å². The van der Waals surface area contributed by atoms with Crippen LogP contribution >= 0.6 is 0 Å². The van der Waals surface area contributed by atoms with Crippen LogP contribution in [0.5, 0.6) is 11.5 Å². The van der Waals surface area contributed by atoms with E-state index in [2.05, 4.69) is 10.6 Å². The molecule has 2 amide bonds. The number of nitrogens with zero attached hydrogens (tertiary/aromatic N) is 4. The zero-order chi connectivity index (χ0) is 31.0. The van der Waals surface area contributed by atoms with Gasteiger partial charge < -0.3 is 20.1 Å². The topological polar surface area (TPSA) is 145 Å². The number of ether oxygens (including phenoxy) is 2. The zero-order valence-electron chi connectivity index (χ0n) is 25.1. The molecule has 0 radical (unpaired) electrons. The Morgan fingerprint density at radius 1 is 1.09 bits per heavy atom. The van der Waals surface area contributed by atoms with Crippen molar-refractivity contribution < 1.29 is 27.5 Å². The van der Waals surface area contributed by atoms with E-state index in [4.69, 9.17) is 19.6 Å². The van der Waals surface area contributed by atoms with Crippen LogP contribution in [-0.2, 0) is 21.4 Å². The first kappa shape index (κ1) is 32.0. The number of benzene rings is 2. The molecule has 13 heteroatoms. The molecule has 43 heavy (non-hydrogen) atoms. The van der Waals surface area contributed by atoms with Crippen molar-refractivity contribution in [3.05, 3.63) is 59.9 Å². The minimum Gasteiger partial charge on any atom is -0.493 e. The Morgan fingerprint density at radius 2 is 1.86 bits per heavy atom. The number of nitrogens with one attached hydrogen (secondary N) is 2. The molecule has 1 aliphatic rings. The molecule has 0 saturated heterocycles. The summed E-state index contributed by atoms with van der Waals surface area (Å²) in [6.07, 6.45) is 1.15. The Morgan fingerprint density at radius 3 is 2.56 bits per heavy atom. The van der Waals surface area contributed by atoms with Crippen molar-refractivity contribution in [3.8, 4) is 22.9 Å². The van der Waals surface area contributed by atoms with E-state index < -0.39 is 27.9 Å². The number of methoxy groups -OCH3 is 1. The van der Waals surface area contributed by atoms with Gasteiger partial charge in [-0.25, -0.2) is 18.1 Å². The molecule has 2 N–H and O–H groups in total. The van der Waals surface area contributed by atoms with Crippen LogP contribution in [0.3, 0.4) is 0 Å². The number of carbonyl (C=O) groups excluding carboxylic acids is 2. The summed E-state index contributed by atoms with van der Waals surface area (Å²) in [4.78, 5) is 31.2. The third kappa shape index (κ3) is 8.11. The lowest BCUT2D eigenvalue weighted by Crippen LogP contribution is -2.46. The SMILES string of the molecule is CCCCS(=O)(=O)N1CCNC(=O)c2ccc(OC)c(c2)OCCn2nc(-c3ccccc3)nc2[C@@H](C(C)C)NC(=O)C1. The van der Waals surface area contributed by atoms with Crippen LogP contribution in [0.15, 0.2) is 48.5 Å². The number of carbonyl (C=O) groups is 2. The summed E-state index contributed by atoms with van der Waals surface area (Å²) in [6, 6.07) is 13.8. The molecule has 2 aromatic carbocycles. The van der Waals surface area contributed by atoms with E-state index in [9.17, 15) is 18.0 Å². The normalized spacial score (nSPS) is 17.4. The molecular weight excluding hydrogens is 572 g/mol. The van der Waals surface area contributed by atoms with Crippen molar-refractivity contribution in [2.24, 2.45) is 5.92 Å². The highest BCUT2D eigenvalue weighted by Gasteiger charge is 2.29. The summed E-state index contributed by atoms with van der Waals surface area (Å²) >= 11 is 0. The lowest BCUT2D eigenvalue weighted by Gasteiger charge is -2.25. The molecule has 0 aliphatic carbocycles. The van der Waals surface area contributed by atoms with Gasteiger partial charge in [-0.05, 0) is 30.5 Å². The molecule has 1 atom stereocenters. The predicted octanol–water partition coefficient (Wildman–Crippen LogP) is 3.02. The number of unbranched alkanes of at least 4 members (excludes halogenated alkanes) is 1. The number of sulfonamides is 1. The van der Waals surface area contributed by atoms with Gasteiger partial charge in [0.15, 0.2) is 23.1 Å². The first-order chi connectivity index (χ1) is 20.6. The average Bonchev–Trinajstić information content (AvgIpc) is 3.41. The average molecular weight is 613 g/mol. The van der Waals surface area contributed by atoms with Crippen molar-refractivity contribution in [1.29, 1.82) is 0 Å². The Kier molecular flexibility index (Phi) is 10.8. The van der Waals surface area contributed by atoms with Gasteiger partial charge in [0, 0.05) is 24.2 Å². The van der Waals surface area contributed by atoms with Crippen LogP contribution in [0.25, 0.3) is 11.4 Å². The van der Waals surface area contributed by atoms with Gasteiger partial charge in [-0.3, -0.25) is 9.59 Å². The number of hydrogen-bond donors (Lipinski definition) is 2. The summed E-state index contributed by atoms with van der Waals surface area (Å²) < 4.78 is 40.8. The van der Waals surface area contributed by atoms with Gasteiger partial charge >= 0.3 is 0 Å². The molecule has 12 nitrogen and oxygen atoms in total. The first-order valence-electron chi connectivity index (χ1n) is 14.5.